The van der Waals surface area contributed by atoms with E-state index in [1.165, 1.54) is 11.1 Å². The number of hydrogen-bond acceptors (Lipinski definition) is 5. The highest BCUT2D eigenvalue weighted by atomic mass is 16.6. The Morgan fingerprint density at radius 2 is 1.48 bits per heavy atom. The number of rotatable bonds is 10. The average molecular weight is 418 g/mol. The summed E-state index contributed by atoms with van der Waals surface area (Å²) in [7, 11) is 0. The fourth-order valence-electron chi connectivity index (χ4n) is 2.93. The number of anilines is 2. The number of esters is 1. The van der Waals surface area contributed by atoms with Crippen LogP contribution in [0.15, 0.2) is 78.9 Å². The highest BCUT2D eigenvalue weighted by molar-refractivity contribution is 5.80. The summed E-state index contributed by atoms with van der Waals surface area (Å²) in [6.07, 6.45) is 0.727. The van der Waals surface area contributed by atoms with Crippen molar-refractivity contribution in [2.24, 2.45) is 0 Å². The molecule has 0 atom stereocenters. The Labute approximate surface area is 182 Å². The molecular weight excluding hydrogens is 392 g/mol. The molecule has 160 valence electrons. The molecule has 0 unspecified atom stereocenters. The Kier molecular flexibility index (Phi) is 8.05. The summed E-state index contributed by atoms with van der Waals surface area (Å²) in [5, 5.41) is 6.02. The Morgan fingerprint density at radius 3 is 2.23 bits per heavy atom. The molecule has 1 amide bonds. The summed E-state index contributed by atoms with van der Waals surface area (Å²) in [4.78, 5) is 23.7. The van der Waals surface area contributed by atoms with Crippen molar-refractivity contribution in [3.05, 3.63) is 90.0 Å². The van der Waals surface area contributed by atoms with Gasteiger partial charge >= 0.3 is 5.97 Å². The zero-order chi connectivity index (χ0) is 21.9. The van der Waals surface area contributed by atoms with Crippen LogP contribution in [0.4, 0.5) is 11.4 Å². The average Bonchev–Trinajstić information content (AvgIpc) is 2.79. The van der Waals surface area contributed by atoms with Crippen LogP contribution in [0, 0.1) is 6.92 Å². The maximum Gasteiger partial charge on any atom is 0.344 e. The van der Waals surface area contributed by atoms with E-state index in [-0.39, 0.29) is 19.1 Å². The molecule has 3 aromatic rings. The highest BCUT2D eigenvalue weighted by Gasteiger charge is 2.09. The molecule has 0 saturated carbocycles. The Bertz CT molecular complexity index is 988. The molecule has 0 fully saturated rings. The van der Waals surface area contributed by atoms with Crippen LogP contribution in [-0.4, -0.2) is 31.6 Å². The van der Waals surface area contributed by atoms with Gasteiger partial charge in [0.2, 0.25) is 0 Å². The first-order chi connectivity index (χ1) is 15.1. The van der Waals surface area contributed by atoms with Crippen LogP contribution in [0.5, 0.6) is 5.75 Å². The van der Waals surface area contributed by atoms with Gasteiger partial charge in [0.25, 0.3) is 5.91 Å². The van der Waals surface area contributed by atoms with Gasteiger partial charge in [-0.05, 0) is 60.9 Å². The number of benzene rings is 3. The molecule has 0 spiro atoms. The monoisotopic (exact) mass is 418 g/mol. The van der Waals surface area contributed by atoms with E-state index >= 15 is 0 Å². The number of ether oxygens (including phenoxy) is 2. The van der Waals surface area contributed by atoms with Crippen molar-refractivity contribution in [2.75, 3.05) is 25.1 Å². The smallest absolute Gasteiger partial charge is 0.344 e. The Morgan fingerprint density at radius 1 is 0.806 bits per heavy atom. The van der Waals surface area contributed by atoms with E-state index in [1.54, 1.807) is 12.1 Å². The Hall–Kier alpha value is -3.80. The van der Waals surface area contributed by atoms with Crippen LogP contribution < -0.4 is 15.4 Å². The summed E-state index contributed by atoms with van der Waals surface area (Å²) in [5.74, 6) is -0.392. The van der Waals surface area contributed by atoms with Crippen LogP contribution in [0.3, 0.4) is 0 Å². The third-order valence-electron chi connectivity index (χ3n) is 4.62. The van der Waals surface area contributed by atoms with Gasteiger partial charge in [-0.3, -0.25) is 4.79 Å². The van der Waals surface area contributed by atoms with Crippen LogP contribution in [0.2, 0.25) is 0 Å². The van der Waals surface area contributed by atoms with Crippen molar-refractivity contribution < 1.29 is 19.1 Å². The number of para-hydroxylation sites is 1. The van der Waals surface area contributed by atoms with Crippen molar-refractivity contribution in [1.82, 2.24) is 5.32 Å². The van der Waals surface area contributed by atoms with E-state index in [1.807, 2.05) is 73.7 Å². The van der Waals surface area contributed by atoms with E-state index in [9.17, 15) is 9.59 Å². The van der Waals surface area contributed by atoms with Gasteiger partial charge in [-0.2, -0.15) is 0 Å². The van der Waals surface area contributed by atoms with Crippen molar-refractivity contribution in [3.8, 4) is 5.75 Å². The van der Waals surface area contributed by atoms with Crippen LogP contribution >= 0.6 is 0 Å². The summed E-state index contributed by atoms with van der Waals surface area (Å²) in [6.45, 7) is 1.94. The van der Waals surface area contributed by atoms with Crippen LogP contribution in [0.1, 0.15) is 11.1 Å². The fourth-order valence-corrected chi connectivity index (χ4v) is 2.93. The van der Waals surface area contributed by atoms with Crippen LogP contribution in [-0.2, 0) is 20.7 Å². The predicted molar refractivity (Wildman–Crippen MR) is 121 cm³/mol. The van der Waals surface area contributed by atoms with Gasteiger partial charge in [0.15, 0.2) is 13.2 Å². The van der Waals surface area contributed by atoms with Crippen molar-refractivity contribution >= 4 is 23.3 Å². The first-order valence-electron chi connectivity index (χ1n) is 10.1. The lowest BCUT2D eigenvalue weighted by atomic mass is 10.1. The molecule has 0 aliphatic heterocycles. The Balaban J connectivity index is 1.32. The number of carbonyl (C=O) groups is 2. The fraction of sp³-hybridized carbons (Fsp3) is 0.200. The van der Waals surface area contributed by atoms with Gasteiger partial charge in [0.1, 0.15) is 5.75 Å². The maximum absolute atomic E-state index is 11.8. The van der Waals surface area contributed by atoms with Crippen molar-refractivity contribution in [3.63, 3.8) is 0 Å². The summed E-state index contributed by atoms with van der Waals surface area (Å²) in [6, 6.07) is 25.1. The summed E-state index contributed by atoms with van der Waals surface area (Å²) in [5.41, 5.74) is 4.25. The minimum absolute atomic E-state index is 0.262. The molecular formula is C25H26N2O4. The van der Waals surface area contributed by atoms with Gasteiger partial charge < -0.3 is 20.1 Å². The lowest BCUT2D eigenvalue weighted by Crippen LogP contribution is -2.31. The summed E-state index contributed by atoms with van der Waals surface area (Å²) >= 11 is 0. The molecule has 0 saturated heterocycles. The second-order valence-corrected chi connectivity index (χ2v) is 6.99. The summed E-state index contributed by atoms with van der Waals surface area (Å²) < 4.78 is 10.4. The van der Waals surface area contributed by atoms with Gasteiger partial charge in [-0.15, -0.1) is 0 Å². The van der Waals surface area contributed by atoms with Crippen molar-refractivity contribution in [1.29, 1.82) is 0 Å². The van der Waals surface area contributed by atoms with Gasteiger partial charge in [0, 0.05) is 17.9 Å². The second kappa shape index (κ2) is 11.4. The minimum atomic E-state index is -0.597. The largest absolute Gasteiger partial charge is 0.482 e. The first kappa shape index (κ1) is 21.9. The van der Waals surface area contributed by atoms with E-state index in [0.29, 0.717) is 12.3 Å². The van der Waals surface area contributed by atoms with E-state index < -0.39 is 5.97 Å². The third kappa shape index (κ3) is 7.51. The van der Waals surface area contributed by atoms with E-state index in [4.69, 9.17) is 9.47 Å². The van der Waals surface area contributed by atoms with Crippen molar-refractivity contribution in [2.45, 2.75) is 13.3 Å². The number of nitrogens with one attached hydrogen (secondary N) is 2. The molecule has 0 aliphatic rings. The molecule has 0 bridgehead atoms. The standard InChI is InChI=1S/C25H26N2O4/c1-19-7-5-6-8-20(19)15-16-26-24(28)17-31-25(29)18-30-23-13-11-22(12-14-23)27-21-9-3-2-4-10-21/h2-14,27H,15-18H2,1H3,(H,26,28). The lowest BCUT2D eigenvalue weighted by Gasteiger charge is -2.10. The molecule has 6 nitrogen and oxygen atoms in total. The third-order valence-corrected chi connectivity index (χ3v) is 4.62. The number of carbonyl (C=O) groups excluding carboxylic acids is 2. The predicted octanol–water partition coefficient (Wildman–Crippen LogP) is 4.02. The SMILES string of the molecule is Cc1ccccc1CCNC(=O)COC(=O)COc1ccc(Nc2ccccc2)cc1. The van der Waals surface area contributed by atoms with Crippen LogP contribution in [0.25, 0.3) is 0 Å². The molecule has 2 N–H and O–H groups in total. The normalized spacial score (nSPS) is 10.2. The number of hydrogen-bond donors (Lipinski definition) is 2. The second-order valence-electron chi connectivity index (χ2n) is 6.99. The van der Waals surface area contributed by atoms with Gasteiger partial charge in [-0.25, -0.2) is 4.79 Å². The molecule has 3 aromatic carbocycles. The minimum Gasteiger partial charge on any atom is -0.482 e. The molecule has 0 aromatic heterocycles. The zero-order valence-electron chi connectivity index (χ0n) is 17.5. The molecule has 0 aliphatic carbocycles. The van der Waals surface area contributed by atoms with Gasteiger partial charge in [-0.1, -0.05) is 42.5 Å². The maximum atomic E-state index is 11.8. The van der Waals surface area contributed by atoms with E-state index in [0.717, 1.165) is 17.8 Å². The topological polar surface area (TPSA) is 76.7 Å². The molecule has 0 radical (unpaired) electrons. The van der Waals surface area contributed by atoms with E-state index in [2.05, 4.69) is 10.6 Å². The molecule has 6 heteroatoms. The number of aryl methyl sites for hydroxylation is 1. The quantitative estimate of drug-likeness (QED) is 0.487. The lowest BCUT2D eigenvalue weighted by molar-refractivity contribution is -0.150. The highest BCUT2D eigenvalue weighted by Crippen LogP contribution is 2.19. The molecule has 3 rings (SSSR count). The molecule has 0 heterocycles. The van der Waals surface area contributed by atoms with Gasteiger partial charge in [0.05, 0.1) is 0 Å². The molecule has 31 heavy (non-hydrogen) atoms. The number of amides is 1. The zero-order valence-corrected chi connectivity index (χ0v) is 17.5. The first-order valence-corrected chi connectivity index (χ1v) is 10.1.